The number of carbonyl (C=O) groups is 2. The number of carbonyl (C=O) groups excluding carboxylic acids is 2. The molecule has 0 saturated heterocycles. The van der Waals surface area contributed by atoms with Crippen LogP contribution in [0.15, 0.2) is 84.0 Å². The van der Waals surface area contributed by atoms with Crippen molar-refractivity contribution in [2.45, 2.75) is 11.7 Å². The van der Waals surface area contributed by atoms with E-state index in [-0.39, 0.29) is 17.6 Å². The Bertz CT molecular complexity index is 1140. The number of imidazole rings is 1. The van der Waals surface area contributed by atoms with Crippen molar-refractivity contribution in [2.75, 3.05) is 11.1 Å². The molecule has 6 nitrogen and oxygen atoms in total. The summed E-state index contributed by atoms with van der Waals surface area (Å²) in [4.78, 5) is 32.7. The van der Waals surface area contributed by atoms with Crippen molar-refractivity contribution in [3.63, 3.8) is 0 Å². The lowest BCUT2D eigenvalue weighted by molar-refractivity contribution is -0.113. The summed E-state index contributed by atoms with van der Waals surface area (Å²) in [7, 11) is 0. The van der Waals surface area contributed by atoms with Crippen LogP contribution in [-0.2, 0) is 11.3 Å². The van der Waals surface area contributed by atoms with Crippen LogP contribution in [0.4, 0.5) is 5.69 Å². The summed E-state index contributed by atoms with van der Waals surface area (Å²) in [6.07, 6.45) is 0. The van der Waals surface area contributed by atoms with Gasteiger partial charge in [-0.15, -0.1) is 0 Å². The number of nitrogens with zero attached hydrogens (tertiary/aromatic N) is 1. The lowest BCUT2D eigenvalue weighted by atomic mass is 10.1. The van der Waals surface area contributed by atoms with E-state index in [1.807, 2.05) is 54.6 Å². The molecule has 0 unspecified atom stereocenters. The molecular weight excluding hydrogens is 396 g/mol. The normalized spacial score (nSPS) is 10.7. The molecular formula is C23H20N4O2S. The number of thioether (sulfide) groups is 1. The Morgan fingerprint density at radius 2 is 1.63 bits per heavy atom. The fourth-order valence-electron chi connectivity index (χ4n) is 2.98. The fourth-order valence-corrected chi connectivity index (χ4v) is 3.67. The summed E-state index contributed by atoms with van der Waals surface area (Å²) >= 11 is 1.32. The van der Waals surface area contributed by atoms with E-state index in [4.69, 9.17) is 0 Å². The number of fused-ring (bicyclic) bond motifs is 1. The molecule has 150 valence electrons. The Labute approximate surface area is 178 Å². The Morgan fingerprint density at radius 3 is 2.47 bits per heavy atom. The van der Waals surface area contributed by atoms with E-state index >= 15 is 0 Å². The predicted molar refractivity (Wildman–Crippen MR) is 120 cm³/mol. The Morgan fingerprint density at radius 1 is 0.900 bits per heavy atom. The molecule has 0 atom stereocenters. The van der Waals surface area contributed by atoms with Gasteiger partial charge in [0.15, 0.2) is 5.16 Å². The van der Waals surface area contributed by atoms with Crippen molar-refractivity contribution in [3.05, 3.63) is 90.0 Å². The van der Waals surface area contributed by atoms with E-state index in [1.54, 1.807) is 24.3 Å². The molecule has 0 aliphatic carbocycles. The summed E-state index contributed by atoms with van der Waals surface area (Å²) in [6, 6.07) is 24.4. The summed E-state index contributed by atoms with van der Waals surface area (Å²) in [5, 5.41) is 6.40. The van der Waals surface area contributed by atoms with E-state index in [1.165, 1.54) is 11.8 Å². The van der Waals surface area contributed by atoms with Gasteiger partial charge in [0.1, 0.15) is 0 Å². The highest BCUT2D eigenvalue weighted by Crippen LogP contribution is 2.20. The van der Waals surface area contributed by atoms with Crippen LogP contribution in [0.5, 0.6) is 0 Å². The van der Waals surface area contributed by atoms with Gasteiger partial charge in [-0.3, -0.25) is 9.59 Å². The number of para-hydroxylation sites is 3. The van der Waals surface area contributed by atoms with E-state index in [0.29, 0.717) is 23.0 Å². The molecule has 0 aliphatic rings. The molecule has 3 N–H and O–H groups in total. The molecule has 1 aromatic heterocycles. The topological polar surface area (TPSA) is 86.9 Å². The maximum Gasteiger partial charge on any atom is 0.253 e. The van der Waals surface area contributed by atoms with Crippen LogP contribution in [-0.4, -0.2) is 27.5 Å². The van der Waals surface area contributed by atoms with E-state index < -0.39 is 0 Å². The lowest BCUT2D eigenvalue weighted by Gasteiger charge is -2.11. The minimum absolute atomic E-state index is 0.180. The molecule has 7 heteroatoms. The quantitative estimate of drug-likeness (QED) is 0.394. The molecule has 0 bridgehead atoms. The van der Waals surface area contributed by atoms with Gasteiger partial charge in [-0.25, -0.2) is 4.98 Å². The van der Waals surface area contributed by atoms with E-state index in [9.17, 15) is 9.59 Å². The average Bonchev–Trinajstić information content (AvgIpc) is 3.20. The molecule has 2 amide bonds. The van der Waals surface area contributed by atoms with Gasteiger partial charge in [0.05, 0.1) is 28.0 Å². The Kier molecular flexibility index (Phi) is 6.10. The number of nitrogens with one attached hydrogen (secondary N) is 3. The zero-order valence-electron chi connectivity index (χ0n) is 16.1. The second kappa shape index (κ2) is 9.28. The maximum absolute atomic E-state index is 12.6. The summed E-state index contributed by atoms with van der Waals surface area (Å²) in [6.45, 7) is 0.420. The maximum atomic E-state index is 12.6. The molecule has 3 aromatic carbocycles. The van der Waals surface area contributed by atoms with E-state index in [2.05, 4.69) is 20.6 Å². The third-order valence-electron chi connectivity index (χ3n) is 4.45. The first-order valence-corrected chi connectivity index (χ1v) is 10.5. The number of aromatic nitrogens is 2. The SMILES string of the molecule is O=C(CSc1nc2ccccc2[nH]1)Nc1ccccc1C(=O)NCc1ccccc1. The number of rotatable bonds is 7. The monoisotopic (exact) mass is 416 g/mol. The highest BCUT2D eigenvalue weighted by atomic mass is 32.2. The van der Waals surface area contributed by atoms with Gasteiger partial charge >= 0.3 is 0 Å². The van der Waals surface area contributed by atoms with E-state index in [0.717, 1.165) is 16.6 Å². The number of aromatic amines is 1. The first-order valence-electron chi connectivity index (χ1n) is 9.47. The zero-order valence-corrected chi connectivity index (χ0v) is 16.9. The van der Waals surface area contributed by atoms with Crippen molar-refractivity contribution in [1.29, 1.82) is 0 Å². The molecule has 0 spiro atoms. The van der Waals surface area contributed by atoms with Crippen LogP contribution in [0.25, 0.3) is 11.0 Å². The molecule has 0 aliphatic heterocycles. The van der Waals surface area contributed by atoms with Gasteiger partial charge < -0.3 is 15.6 Å². The van der Waals surface area contributed by atoms with Gasteiger partial charge in [0.2, 0.25) is 5.91 Å². The van der Waals surface area contributed by atoms with Crippen molar-refractivity contribution in [1.82, 2.24) is 15.3 Å². The van der Waals surface area contributed by atoms with Gasteiger partial charge in [-0.2, -0.15) is 0 Å². The van der Waals surface area contributed by atoms with Gasteiger partial charge in [0.25, 0.3) is 5.91 Å². The van der Waals surface area contributed by atoms with Crippen LogP contribution in [0.1, 0.15) is 15.9 Å². The number of benzene rings is 3. The second-order valence-electron chi connectivity index (χ2n) is 6.61. The zero-order chi connectivity index (χ0) is 20.8. The van der Waals surface area contributed by atoms with Gasteiger partial charge in [-0.05, 0) is 29.8 Å². The van der Waals surface area contributed by atoms with Gasteiger partial charge in [-0.1, -0.05) is 66.4 Å². The van der Waals surface area contributed by atoms with Crippen LogP contribution in [0.2, 0.25) is 0 Å². The minimum atomic E-state index is -0.236. The fraction of sp³-hybridized carbons (Fsp3) is 0.0870. The molecule has 4 rings (SSSR count). The number of amides is 2. The van der Waals surface area contributed by atoms with Crippen molar-refractivity contribution in [3.8, 4) is 0 Å². The average molecular weight is 417 g/mol. The largest absolute Gasteiger partial charge is 0.348 e. The summed E-state index contributed by atoms with van der Waals surface area (Å²) in [5.41, 5.74) is 3.71. The van der Waals surface area contributed by atoms with Gasteiger partial charge in [0, 0.05) is 6.54 Å². The Hall–Kier alpha value is -3.58. The molecule has 1 heterocycles. The van der Waals surface area contributed by atoms with Crippen molar-refractivity contribution >= 4 is 40.3 Å². The highest BCUT2D eigenvalue weighted by molar-refractivity contribution is 7.99. The number of hydrogen-bond acceptors (Lipinski definition) is 4. The Balaban J connectivity index is 1.36. The second-order valence-corrected chi connectivity index (χ2v) is 7.57. The van der Waals surface area contributed by atoms with Crippen molar-refractivity contribution < 1.29 is 9.59 Å². The van der Waals surface area contributed by atoms with Crippen LogP contribution < -0.4 is 10.6 Å². The summed E-state index contributed by atoms with van der Waals surface area (Å²) < 4.78 is 0. The lowest BCUT2D eigenvalue weighted by Crippen LogP contribution is -2.25. The smallest absolute Gasteiger partial charge is 0.253 e. The van der Waals surface area contributed by atoms with Crippen LogP contribution in [0, 0.1) is 0 Å². The first-order chi connectivity index (χ1) is 14.7. The highest BCUT2D eigenvalue weighted by Gasteiger charge is 2.14. The number of H-pyrrole nitrogens is 1. The summed E-state index contributed by atoms with van der Waals surface area (Å²) in [5.74, 6) is -0.261. The molecule has 0 fully saturated rings. The molecule has 0 saturated carbocycles. The van der Waals surface area contributed by atoms with Crippen LogP contribution >= 0.6 is 11.8 Å². The standard InChI is InChI=1S/C23H20N4O2S/c28-21(15-30-23-26-19-12-6-7-13-20(19)27-23)25-18-11-5-4-10-17(18)22(29)24-14-16-8-2-1-3-9-16/h1-13H,14-15H2,(H,24,29)(H,25,28)(H,26,27). The minimum Gasteiger partial charge on any atom is -0.348 e. The molecule has 4 aromatic rings. The molecule has 0 radical (unpaired) electrons. The molecule has 30 heavy (non-hydrogen) atoms. The predicted octanol–water partition coefficient (Wildman–Crippen LogP) is 4.22. The third-order valence-corrected chi connectivity index (χ3v) is 5.32. The van der Waals surface area contributed by atoms with Crippen LogP contribution in [0.3, 0.4) is 0 Å². The van der Waals surface area contributed by atoms with Crippen molar-refractivity contribution in [2.24, 2.45) is 0 Å². The number of hydrogen-bond donors (Lipinski definition) is 3. The first kappa shape index (κ1) is 19.7. The number of anilines is 1. The third kappa shape index (κ3) is 4.87.